The van der Waals surface area contributed by atoms with Gasteiger partial charge in [0.05, 0.1) is 12.6 Å². The van der Waals surface area contributed by atoms with E-state index in [9.17, 15) is 14.7 Å². The molecule has 0 radical (unpaired) electrons. The van der Waals surface area contributed by atoms with Crippen LogP contribution < -0.4 is 16.0 Å². The predicted octanol–water partition coefficient (Wildman–Crippen LogP) is 2.33. The fraction of sp³-hybridized carbons (Fsp3) is 0.200. The second-order valence-electron chi connectivity index (χ2n) is 5.74. The lowest BCUT2D eigenvalue weighted by Gasteiger charge is -2.17. The monoisotopic (exact) mass is 353 g/mol. The zero-order valence-corrected chi connectivity index (χ0v) is 14.4. The molecule has 0 aliphatic carbocycles. The fourth-order valence-electron chi connectivity index (χ4n) is 2.38. The van der Waals surface area contributed by atoms with Crippen LogP contribution in [-0.2, 0) is 6.42 Å². The van der Waals surface area contributed by atoms with Crippen LogP contribution in [0.25, 0.3) is 0 Å². The summed E-state index contributed by atoms with van der Waals surface area (Å²) in [6, 6.07) is 15.4. The lowest BCUT2D eigenvalue weighted by Crippen LogP contribution is -2.41. The van der Waals surface area contributed by atoms with Crippen molar-refractivity contribution < 1.29 is 14.7 Å². The Morgan fingerprint density at radius 1 is 1.08 bits per heavy atom. The summed E-state index contributed by atoms with van der Waals surface area (Å²) in [4.78, 5) is 23.9. The summed E-state index contributed by atoms with van der Waals surface area (Å²) in [6.07, 6.45) is 2.14. The van der Waals surface area contributed by atoms with Crippen molar-refractivity contribution in [1.29, 1.82) is 0 Å². The van der Waals surface area contributed by atoms with Gasteiger partial charge in [-0.25, -0.2) is 4.79 Å². The first-order valence-corrected chi connectivity index (χ1v) is 8.34. The van der Waals surface area contributed by atoms with E-state index in [1.807, 2.05) is 30.3 Å². The number of amides is 3. The van der Waals surface area contributed by atoms with Gasteiger partial charge < -0.3 is 21.1 Å². The summed E-state index contributed by atoms with van der Waals surface area (Å²) < 4.78 is 0. The Morgan fingerprint density at radius 2 is 1.77 bits per heavy atom. The molecule has 1 unspecified atom stereocenters. The van der Waals surface area contributed by atoms with E-state index in [1.54, 1.807) is 30.3 Å². The zero-order chi connectivity index (χ0) is 18.8. The van der Waals surface area contributed by atoms with Gasteiger partial charge in [0, 0.05) is 17.8 Å². The highest BCUT2D eigenvalue weighted by atomic mass is 16.3. The Kier molecular flexibility index (Phi) is 7.39. The number of rotatable bonds is 8. The topological polar surface area (TPSA) is 90.5 Å². The van der Waals surface area contributed by atoms with E-state index < -0.39 is 6.03 Å². The van der Waals surface area contributed by atoms with Crippen LogP contribution in [0.5, 0.6) is 0 Å². The van der Waals surface area contributed by atoms with Gasteiger partial charge in [-0.1, -0.05) is 36.4 Å². The lowest BCUT2D eigenvalue weighted by atomic mass is 10.1. The van der Waals surface area contributed by atoms with E-state index in [1.165, 1.54) is 0 Å². The van der Waals surface area contributed by atoms with Gasteiger partial charge in [-0.3, -0.25) is 4.79 Å². The Hall–Kier alpha value is -3.12. The molecule has 2 rings (SSSR count). The Labute approximate surface area is 152 Å². The van der Waals surface area contributed by atoms with Crippen molar-refractivity contribution in [2.45, 2.75) is 12.5 Å². The molecule has 4 N–H and O–H groups in total. The SMILES string of the molecule is C=CCNC(=O)c1ccc(NC(=O)NC(CO)Cc2ccccc2)cc1. The summed E-state index contributed by atoms with van der Waals surface area (Å²) in [5.41, 5.74) is 2.08. The molecule has 0 aliphatic heterocycles. The minimum Gasteiger partial charge on any atom is -0.394 e. The van der Waals surface area contributed by atoms with Gasteiger partial charge in [0.25, 0.3) is 5.91 Å². The molecular formula is C20H23N3O3. The summed E-state index contributed by atoms with van der Waals surface area (Å²) in [5.74, 6) is -0.205. The molecule has 0 spiro atoms. The van der Waals surface area contributed by atoms with E-state index in [2.05, 4.69) is 22.5 Å². The summed E-state index contributed by atoms with van der Waals surface area (Å²) in [7, 11) is 0. The van der Waals surface area contributed by atoms with Crippen LogP contribution in [0.1, 0.15) is 15.9 Å². The molecular weight excluding hydrogens is 330 g/mol. The third-order valence-corrected chi connectivity index (χ3v) is 3.69. The van der Waals surface area contributed by atoms with E-state index >= 15 is 0 Å². The molecule has 1 atom stereocenters. The molecule has 0 heterocycles. The van der Waals surface area contributed by atoms with Crippen molar-refractivity contribution in [3.8, 4) is 0 Å². The third-order valence-electron chi connectivity index (χ3n) is 3.69. The number of hydrogen-bond donors (Lipinski definition) is 4. The van der Waals surface area contributed by atoms with Crippen molar-refractivity contribution in [2.75, 3.05) is 18.5 Å². The molecule has 2 aromatic rings. The molecule has 0 aliphatic rings. The van der Waals surface area contributed by atoms with Crippen LogP contribution in [0.3, 0.4) is 0 Å². The van der Waals surface area contributed by atoms with Gasteiger partial charge in [-0.05, 0) is 36.2 Å². The van der Waals surface area contributed by atoms with E-state index in [0.717, 1.165) is 5.56 Å². The predicted molar refractivity (Wildman–Crippen MR) is 102 cm³/mol. The third kappa shape index (κ3) is 6.07. The molecule has 3 amide bonds. The van der Waals surface area contributed by atoms with Gasteiger partial charge in [-0.15, -0.1) is 6.58 Å². The molecule has 0 fully saturated rings. The van der Waals surface area contributed by atoms with Gasteiger partial charge in [0.2, 0.25) is 0 Å². The number of aliphatic hydroxyl groups is 1. The van der Waals surface area contributed by atoms with Crippen molar-refractivity contribution in [3.05, 3.63) is 78.4 Å². The smallest absolute Gasteiger partial charge is 0.319 e. The Balaban J connectivity index is 1.88. The van der Waals surface area contributed by atoms with Crippen molar-refractivity contribution in [3.63, 3.8) is 0 Å². The highest BCUT2D eigenvalue weighted by Gasteiger charge is 2.12. The summed E-state index contributed by atoms with van der Waals surface area (Å²) in [6.45, 7) is 3.78. The Bertz CT molecular complexity index is 730. The first kappa shape index (κ1) is 19.2. The standard InChI is InChI=1S/C20H23N3O3/c1-2-12-21-19(25)16-8-10-17(11-9-16)22-20(26)23-18(14-24)13-15-6-4-3-5-7-15/h2-11,18,24H,1,12-14H2,(H,21,25)(H2,22,23,26). The van der Waals surface area contributed by atoms with Crippen LogP contribution >= 0.6 is 0 Å². The number of benzene rings is 2. The first-order chi connectivity index (χ1) is 12.6. The largest absolute Gasteiger partial charge is 0.394 e. The molecule has 0 bridgehead atoms. The normalized spacial score (nSPS) is 11.3. The molecule has 0 saturated heterocycles. The maximum absolute atomic E-state index is 12.1. The second kappa shape index (κ2) is 10.0. The van der Waals surface area contributed by atoms with E-state index in [0.29, 0.717) is 24.2 Å². The Morgan fingerprint density at radius 3 is 2.38 bits per heavy atom. The van der Waals surface area contributed by atoms with Crippen molar-refractivity contribution >= 4 is 17.6 Å². The van der Waals surface area contributed by atoms with Crippen molar-refractivity contribution in [1.82, 2.24) is 10.6 Å². The van der Waals surface area contributed by atoms with Crippen LogP contribution in [0.4, 0.5) is 10.5 Å². The summed E-state index contributed by atoms with van der Waals surface area (Å²) >= 11 is 0. The highest BCUT2D eigenvalue weighted by Crippen LogP contribution is 2.10. The van der Waals surface area contributed by atoms with Gasteiger partial charge >= 0.3 is 6.03 Å². The number of aliphatic hydroxyl groups excluding tert-OH is 1. The number of anilines is 1. The van der Waals surface area contributed by atoms with Crippen LogP contribution in [0, 0.1) is 0 Å². The van der Waals surface area contributed by atoms with Crippen molar-refractivity contribution in [2.24, 2.45) is 0 Å². The highest BCUT2D eigenvalue weighted by molar-refractivity contribution is 5.95. The molecule has 6 heteroatoms. The van der Waals surface area contributed by atoms with E-state index in [-0.39, 0.29) is 18.6 Å². The van der Waals surface area contributed by atoms with Crippen LogP contribution in [0.15, 0.2) is 67.3 Å². The molecule has 2 aromatic carbocycles. The zero-order valence-electron chi connectivity index (χ0n) is 14.4. The van der Waals surface area contributed by atoms with Gasteiger partial charge in [-0.2, -0.15) is 0 Å². The maximum atomic E-state index is 12.1. The van der Waals surface area contributed by atoms with E-state index in [4.69, 9.17) is 0 Å². The number of nitrogens with one attached hydrogen (secondary N) is 3. The number of urea groups is 1. The molecule has 26 heavy (non-hydrogen) atoms. The average molecular weight is 353 g/mol. The fourth-order valence-corrected chi connectivity index (χ4v) is 2.38. The first-order valence-electron chi connectivity index (χ1n) is 8.34. The maximum Gasteiger partial charge on any atom is 0.319 e. The quantitative estimate of drug-likeness (QED) is 0.549. The molecule has 0 saturated carbocycles. The summed E-state index contributed by atoms with van der Waals surface area (Å²) in [5, 5.41) is 17.6. The number of hydrogen-bond acceptors (Lipinski definition) is 3. The number of carbonyl (C=O) groups is 2. The van der Waals surface area contributed by atoms with Crippen LogP contribution in [-0.4, -0.2) is 36.2 Å². The molecule has 0 aromatic heterocycles. The minimum absolute atomic E-state index is 0.162. The second-order valence-corrected chi connectivity index (χ2v) is 5.74. The molecule has 6 nitrogen and oxygen atoms in total. The van der Waals surface area contributed by atoms with Gasteiger partial charge in [0.15, 0.2) is 0 Å². The van der Waals surface area contributed by atoms with Crippen LogP contribution in [0.2, 0.25) is 0 Å². The lowest BCUT2D eigenvalue weighted by molar-refractivity contribution is 0.0958. The number of carbonyl (C=O) groups excluding carboxylic acids is 2. The average Bonchev–Trinajstić information content (AvgIpc) is 2.67. The van der Waals surface area contributed by atoms with Gasteiger partial charge in [0.1, 0.15) is 0 Å². The molecule has 136 valence electrons. The minimum atomic E-state index is -0.413.